The topological polar surface area (TPSA) is 0 Å². The fourth-order valence-corrected chi connectivity index (χ4v) is 1.20. The zero-order valence-corrected chi connectivity index (χ0v) is 5.63. The molecular formula is C6H11Cl. The molecule has 2 unspecified atom stereocenters. The van der Waals surface area contributed by atoms with Crippen molar-refractivity contribution in [1.82, 2.24) is 0 Å². The van der Waals surface area contributed by atoms with Crippen molar-refractivity contribution in [3.05, 3.63) is 0 Å². The van der Waals surface area contributed by atoms with Gasteiger partial charge in [0, 0.05) is 5.88 Å². The van der Waals surface area contributed by atoms with Gasteiger partial charge in [0.25, 0.3) is 0 Å². The molecule has 0 aromatic carbocycles. The first kappa shape index (κ1) is 5.43. The molecule has 7 heavy (non-hydrogen) atoms. The van der Waals surface area contributed by atoms with Crippen molar-refractivity contribution in [3.63, 3.8) is 0 Å². The van der Waals surface area contributed by atoms with E-state index in [2.05, 4.69) is 13.8 Å². The minimum absolute atomic E-state index is 0.515. The molecule has 0 aromatic rings. The minimum Gasteiger partial charge on any atom is -0.126 e. The number of hydrogen-bond donors (Lipinski definition) is 0. The zero-order valence-electron chi connectivity index (χ0n) is 4.87. The summed E-state index contributed by atoms with van der Waals surface area (Å²) in [7, 11) is 0. The molecule has 1 aliphatic rings. The van der Waals surface area contributed by atoms with E-state index in [0.717, 1.165) is 11.8 Å². The van der Waals surface area contributed by atoms with Crippen LogP contribution in [0.5, 0.6) is 0 Å². The maximum absolute atomic E-state index is 5.63. The molecule has 0 spiro atoms. The summed E-state index contributed by atoms with van der Waals surface area (Å²) in [4.78, 5) is 0. The van der Waals surface area contributed by atoms with Gasteiger partial charge in [-0.3, -0.25) is 0 Å². The van der Waals surface area contributed by atoms with Gasteiger partial charge in [-0.25, -0.2) is 0 Å². The summed E-state index contributed by atoms with van der Waals surface area (Å²) >= 11 is 5.63. The highest BCUT2D eigenvalue weighted by Gasteiger charge is 2.45. The first-order valence-corrected chi connectivity index (χ1v) is 3.28. The third kappa shape index (κ3) is 0.766. The number of hydrogen-bond acceptors (Lipinski definition) is 0. The monoisotopic (exact) mass is 118 g/mol. The van der Waals surface area contributed by atoms with Crippen LogP contribution in [0.1, 0.15) is 20.3 Å². The molecule has 42 valence electrons. The van der Waals surface area contributed by atoms with Gasteiger partial charge in [0.1, 0.15) is 0 Å². The van der Waals surface area contributed by atoms with Gasteiger partial charge in [0.2, 0.25) is 0 Å². The normalized spacial score (nSPS) is 49.3. The summed E-state index contributed by atoms with van der Waals surface area (Å²) in [5, 5.41) is 0. The lowest BCUT2D eigenvalue weighted by atomic mass is 10.1. The Kier molecular flexibility index (Phi) is 1.07. The van der Waals surface area contributed by atoms with Gasteiger partial charge in [0.05, 0.1) is 0 Å². The summed E-state index contributed by atoms with van der Waals surface area (Å²) in [6, 6.07) is 0. The summed E-state index contributed by atoms with van der Waals surface area (Å²) in [5.41, 5.74) is 0.515. The highest BCUT2D eigenvalue weighted by atomic mass is 35.5. The van der Waals surface area contributed by atoms with Gasteiger partial charge in [0.15, 0.2) is 0 Å². The molecule has 0 bridgehead atoms. The molecule has 1 rings (SSSR count). The van der Waals surface area contributed by atoms with Crippen molar-refractivity contribution in [2.75, 3.05) is 5.88 Å². The van der Waals surface area contributed by atoms with Crippen molar-refractivity contribution in [3.8, 4) is 0 Å². The van der Waals surface area contributed by atoms with Crippen LogP contribution in [0.25, 0.3) is 0 Å². The summed E-state index contributed by atoms with van der Waals surface area (Å²) in [6.07, 6.45) is 1.33. The van der Waals surface area contributed by atoms with Crippen LogP contribution in [0, 0.1) is 11.3 Å². The molecule has 0 aromatic heterocycles. The minimum atomic E-state index is 0.515. The molecule has 0 nitrogen and oxygen atoms in total. The van der Waals surface area contributed by atoms with Crippen LogP contribution >= 0.6 is 11.6 Å². The van der Waals surface area contributed by atoms with E-state index in [-0.39, 0.29) is 0 Å². The molecule has 0 radical (unpaired) electrons. The van der Waals surface area contributed by atoms with Gasteiger partial charge in [-0.15, -0.1) is 11.6 Å². The van der Waals surface area contributed by atoms with E-state index in [4.69, 9.17) is 11.6 Å². The Hall–Kier alpha value is 0.290. The first-order chi connectivity index (χ1) is 3.19. The maximum atomic E-state index is 5.63. The molecule has 0 amide bonds. The largest absolute Gasteiger partial charge is 0.126 e. The second-order valence-electron chi connectivity index (χ2n) is 2.89. The average molecular weight is 119 g/mol. The van der Waals surface area contributed by atoms with Gasteiger partial charge in [-0.05, 0) is 17.8 Å². The van der Waals surface area contributed by atoms with Crippen LogP contribution in [-0.4, -0.2) is 5.88 Å². The number of halogens is 1. The maximum Gasteiger partial charge on any atom is 0.0280 e. The van der Waals surface area contributed by atoms with Gasteiger partial charge >= 0.3 is 0 Å². The first-order valence-electron chi connectivity index (χ1n) is 2.75. The molecule has 0 heterocycles. The Labute approximate surface area is 49.9 Å². The van der Waals surface area contributed by atoms with Crippen molar-refractivity contribution in [2.24, 2.45) is 11.3 Å². The van der Waals surface area contributed by atoms with E-state index in [0.29, 0.717) is 5.41 Å². The van der Waals surface area contributed by atoms with Crippen LogP contribution in [0.2, 0.25) is 0 Å². The predicted molar refractivity (Wildman–Crippen MR) is 32.6 cm³/mol. The molecule has 1 aliphatic carbocycles. The molecule has 2 atom stereocenters. The molecular weight excluding hydrogens is 108 g/mol. The fourth-order valence-electron chi connectivity index (χ4n) is 0.827. The van der Waals surface area contributed by atoms with E-state index in [1.807, 2.05) is 0 Å². The highest BCUT2D eigenvalue weighted by Crippen LogP contribution is 2.52. The summed E-state index contributed by atoms with van der Waals surface area (Å²) in [5.74, 6) is 1.72. The lowest BCUT2D eigenvalue weighted by Crippen LogP contribution is -1.95. The Morgan fingerprint density at radius 3 is 2.29 bits per heavy atom. The molecule has 1 saturated carbocycles. The Morgan fingerprint density at radius 1 is 1.86 bits per heavy atom. The van der Waals surface area contributed by atoms with E-state index < -0.39 is 0 Å². The summed E-state index contributed by atoms with van der Waals surface area (Å²) < 4.78 is 0. The molecule has 0 N–H and O–H groups in total. The highest BCUT2D eigenvalue weighted by molar-refractivity contribution is 6.18. The number of rotatable bonds is 1. The van der Waals surface area contributed by atoms with Crippen molar-refractivity contribution < 1.29 is 0 Å². The average Bonchev–Trinajstić information content (AvgIpc) is 2.18. The van der Waals surface area contributed by atoms with Crippen molar-refractivity contribution >= 4 is 11.6 Å². The van der Waals surface area contributed by atoms with Gasteiger partial charge in [-0.2, -0.15) is 0 Å². The standard InChI is InChI=1S/C6H11Cl/c1-5-3-6(5,2)4-7/h5H,3-4H2,1-2H3. The van der Waals surface area contributed by atoms with Crippen LogP contribution < -0.4 is 0 Å². The van der Waals surface area contributed by atoms with E-state index in [1.54, 1.807) is 0 Å². The van der Waals surface area contributed by atoms with Gasteiger partial charge in [-0.1, -0.05) is 13.8 Å². The molecule has 0 aliphatic heterocycles. The molecule has 0 saturated heterocycles. The van der Waals surface area contributed by atoms with Crippen LogP contribution in [-0.2, 0) is 0 Å². The van der Waals surface area contributed by atoms with Crippen molar-refractivity contribution in [2.45, 2.75) is 20.3 Å². The molecule has 1 fully saturated rings. The lowest BCUT2D eigenvalue weighted by molar-refractivity contribution is 0.593. The quantitative estimate of drug-likeness (QED) is 0.464. The van der Waals surface area contributed by atoms with E-state index in [1.165, 1.54) is 6.42 Å². The van der Waals surface area contributed by atoms with E-state index in [9.17, 15) is 0 Å². The SMILES string of the molecule is CC1CC1(C)CCl. The third-order valence-electron chi connectivity index (χ3n) is 2.11. The third-order valence-corrected chi connectivity index (χ3v) is 2.72. The second-order valence-corrected chi connectivity index (χ2v) is 3.16. The predicted octanol–water partition coefficient (Wildman–Crippen LogP) is 2.27. The zero-order chi connectivity index (χ0) is 5.49. The Bertz CT molecular complexity index is 76.2. The van der Waals surface area contributed by atoms with Crippen molar-refractivity contribution in [1.29, 1.82) is 0 Å². The second kappa shape index (κ2) is 1.38. The fraction of sp³-hybridized carbons (Fsp3) is 1.00. The van der Waals surface area contributed by atoms with Crippen LogP contribution in [0.4, 0.5) is 0 Å². The van der Waals surface area contributed by atoms with Gasteiger partial charge < -0.3 is 0 Å². The van der Waals surface area contributed by atoms with E-state index >= 15 is 0 Å². The Morgan fingerprint density at radius 2 is 2.29 bits per heavy atom. The Balaban J connectivity index is 2.36. The molecule has 1 heteroatoms. The number of alkyl halides is 1. The smallest absolute Gasteiger partial charge is 0.0280 e. The lowest BCUT2D eigenvalue weighted by Gasteiger charge is -1.98. The van der Waals surface area contributed by atoms with Crippen LogP contribution in [0.3, 0.4) is 0 Å². The van der Waals surface area contributed by atoms with Crippen LogP contribution in [0.15, 0.2) is 0 Å². The summed E-state index contributed by atoms with van der Waals surface area (Å²) in [6.45, 7) is 4.49.